The molecule has 0 aromatic carbocycles. The number of nitrogens with zero attached hydrogens (tertiary/aromatic N) is 1. The average molecular weight is 192 g/mol. The van der Waals surface area contributed by atoms with E-state index >= 15 is 0 Å². The molecule has 1 atom stereocenters. The van der Waals surface area contributed by atoms with Gasteiger partial charge in [-0.1, -0.05) is 32.8 Å². The Labute approximate surface area is 86.5 Å². The summed E-state index contributed by atoms with van der Waals surface area (Å²) in [5.74, 6) is 0.729. The lowest BCUT2D eigenvalue weighted by Crippen LogP contribution is -2.16. The zero-order valence-corrected chi connectivity index (χ0v) is 9.11. The first kappa shape index (κ1) is 11.2. The Bertz CT molecular complexity index is 242. The third-order valence-corrected chi connectivity index (χ3v) is 2.81. The molecule has 2 nitrogen and oxygen atoms in total. The van der Waals surface area contributed by atoms with Gasteiger partial charge in [-0.2, -0.15) is 0 Å². The molecule has 0 spiro atoms. The first-order valence-corrected chi connectivity index (χ1v) is 5.44. The highest BCUT2D eigenvalue weighted by molar-refractivity contribution is 5.07. The van der Waals surface area contributed by atoms with Crippen LogP contribution < -0.4 is 5.73 Å². The lowest BCUT2D eigenvalue weighted by Gasteiger charge is -2.17. The van der Waals surface area contributed by atoms with Crippen molar-refractivity contribution in [2.24, 2.45) is 11.7 Å². The van der Waals surface area contributed by atoms with Gasteiger partial charge in [-0.25, -0.2) is 0 Å². The summed E-state index contributed by atoms with van der Waals surface area (Å²) < 4.78 is 0. The summed E-state index contributed by atoms with van der Waals surface area (Å²) in [5.41, 5.74) is 7.10. The smallest absolute Gasteiger partial charge is 0.0571 e. The van der Waals surface area contributed by atoms with Crippen molar-refractivity contribution in [2.45, 2.75) is 39.2 Å². The zero-order chi connectivity index (χ0) is 10.4. The Hall–Kier alpha value is -0.890. The number of nitrogens with two attached hydrogens (primary N) is 1. The van der Waals surface area contributed by atoms with E-state index in [4.69, 9.17) is 5.73 Å². The van der Waals surface area contributed by atoms with Gasteiger partial charge < -0.3 is 5.73 Å². The average Bonchev–Trinajstić information content (AvgIpc) is 2.26. The fourth-order valence-corrected chi connectivity index (χ4v) is 1.70. The lowest BCUT2D eigenvalue weighted by molar-refractivity contribution is 0.411. The molecule has 0 unspecified atom stereocenters. The molecule has 0 radical (unpaired) electrons. The van der Waals surface area contributed by atoms with Crippen molar-refractivity contribution in [1.82, 2.24) is 4.98 Å². The molecule has 1 heterocycles. The second kappa shape index (κ2) is 5.76. The number of rotatable bonds is 5. The molecule has 78 valence electrons. The predicted molar refractivity (Wildman–Crippen MR) is 59.9 cm³/mol. The third kappa shape index (κ3) is 3.11. The summed E-state index contributed by atoms with van der Waals surface area (Å²) in [6.45, 7) is 4.44. The van der Waals surface area contributed by atoms with Gasteiger partial charge in [0.1, 0.15) is 0 Å². The predicted octanol–water partition coefficient (Wildman–Crippen LogP) is 2.91. The van der Waals surface area contributed by atoms with E-state index in [0.717, 1.165) is 18.0 Å². The Morgan fingerprint density at radius 1 is 1.29 bits per heavy atom. The molecular formula is C12H20N2. The molecule has 0 amide bonds. The molecular weight excluding hydrogens is 172 g/mol. The first-order chi connectivity index (χ1) is 6.77. The van der Waals surface area contributed by atoms with Gasteiger partial charge in [0.15, 0.2) is 0 Å². The molecule has 1 rings (SSSR count). The van der Waals surface area contributed by atoms with Crippen LogP contribution in [-0.4, -0.2) is 4.98 Å². The van der Waals surface area contributed by atoms with Gasteiger partial charge >= 0.3 is 0 Å². The minimum atomic E-state index is 0.0982. The minimum absolute atomic E-state index is 0.0982. The molecule has 1 aromatic rings. The van der Waals surface area contributed by atoms with Crippen LogP contribution in [-0.2, 0) is 0 Å². The fourth-order valence-electron chi connectivity index (χ4n) is 1.70. The molecule has 0 saturated heterocycles. The van der Waals surface area contributed by atoms with Crippen LogP contribution in [0.15, 0.2) is 24.4 Å². The largest absolute Gasteiger partial charge is 0.323 e. The van der Waals surface area contributed by atoms with Crippen molar-refractivity contribution in [3.63, 3.8) is 0 Å². The lowest BCUT2D eigenvalue weighted by atomic mass is 9.93. The number of hydrogen-bond acceptors (Lipinski definition) is 2. The van der Waals surface area contributed by atoms with Crippen molar-refractivity contribution in [2.75, 3.05) is 0 Å². The van der Waals surface area contributed by atoms with Crippen LogP contribution in [0.4, 0.5) is 0 Å². The van der Waals surface area contributed by atoms with Gasteiger partial charge in [-0.05, 0) is 24.5 Å². The van der Waals surface area contributed by atoms with Crippen LogP contribution >= 0.6 is 0 Å². The maximum absolute atomic E-state index is 6.08. The Kier molecular flexibility index (Phi) is 4.60. The molecule has 0 fully saturated rings. The number of pyridine rings is 1. The van der Waals surface area contributed by atoms with Gasteiger partial charge in [0.05, 0.1) is 5.69 Å². The van der Waals surface area contributed by atoms with Crippen molar-refractivity contribution in [3.05, 3.63) is 30.1 Å². The highest BCUT2D eigenvalue weighted by atomic mass is 14.8. The molecule has 0 saturated carbocycles. The molecule has 1 aromatic heterocycles. The molecule has 2 heteroatoms. The van der Waals surface area contributed by atoms with Crippen molar-refractivity contribution >= 4 is 0 Å². The van der Waals surface area contributed by atoms with Crippen LogP contribution in [0.3, 0.4) is 0 Å². The summed E-state index contributed by atoms with van der Waals surface area (Å²) in [5, 5.41) is 0. The molecule has 14 heavy (non-hydrogen) atoms. The van der Waals surface area contributed by atoms with Crippen LogP contribution in [0, 0.1) is 5.92 Å². The molecule has 0 aliphatic heterocycles. The maximum atomic E-state index is 6.08. The van der Waals surface area contributed by atoms with Crippen LogP contribution in [0.2, 0.25) is 0 Å². The van der Waals surface area contributed by atoms with E-state index in [1.54, 1.807) is 0 Å². The Balaban J connectivity index is 2.54. The third-order valence-electron chi connectivity index (χ3n) is 2.81. The quantitative estimate of drug-likeness (QED) is 0.779. The minimum Gasteiger partial charge on any atom is -0.323 e. The van der Waals surface area contributed by atoms with E-state index in [-0.39, 0.29) is 6.04 Å². The van der Waals surface area contributed by atoms with E-state index in [1.807, 2.05) is 24.4 Å². The summed E-state index contributed by atoms with van der Waals surface area (Å²) in [4.78, 5) is 4.28. The first-order valence-electron chi connectivity index (χ1n) is 5.44. The van der Waals surface area contributed by atoms with Gasteiger partial charge in [-0.3, -0.25) is 4.98 Å². The number of aromatic nitrogens is 1. The SMILES string of the molecule is CCC(CC)C[C@@H](N)c1ccccn1. The van der Waals surface area contributed by atoms with E-state index < -0.39 is 0 Å². The van der Waals surface area contributed by atoms with Gasteiger partial charge in [0.2, 0.25) is 0 Å². The van der Waals surface area contributed by atoms with Crippen molar-refractivity contribution in [3.8, 4) is 0 Å². The highest BCUT2D eigenvalue weighted by Crippen LogP contribution is 2.21. The summed E-state index contributed by atoms with van der Waals surface area (Å²) >= 11 is 0. The molecule has 0 bridgehead atoms. The topological polar surface area (TPSA) is 38.9 Å². The second-order valence-electron chi connectivity index (χ2n) is 3.78. The zero-order valence-electron chi connectivity index (χ0n) is 9.11. The summed E-state index contributed by atoms with van der Waals surface area (Å²) in [6, 6.07) is 6.02. The van der Waals surface area contributed by atoms with Crippen molar-refractivity contribution in [1.29, 1.82) is 0 Å². The van der Waals surface area contributed by atoms with E-state index in [1.165, 1.54) is 12.8 Å². The molecule has 0 aliphatic carbocycles. The second-order valence-corrected chi connectivity index (χ2v) is 3.78. The summed E-state index contributed by atoms with van der Waals surface area (Å²) in [6.07, 6.45) is 5.26. The van der Waals surface area contributed by atoms with Crippen LogP contribution in [0.25, 0.3) is 0 Å². The fraction of sp³-hybridized carbons (Fsp3) is 0.583. The number of hydrogen-bond donors (Lipinski definition) is 1. The Morgan fingerprint density at radius 3 is 2.50 bits per heavy atom. The summed E-state index contributed by atoms with van der Waals surface area (Å²) in [7, 11) is 0. The van der Waals surface area contributed by atoms with E-state index in [9.17, 15) is 0 Å². The Morgan fingerprint density at radius 2 is 2.00 bits per heavy atom. The van der Waals surface area contributed by atoms with Crippen molar-refractivity contribution < 1.29 is 0 Å². The molecule has 2 N–H and O–H groups in total. The maximum Gasteiger partial charge on any atom is 0.0571 e. The van der Waals surface area contributed by atoms with E-state index in [0.29, 0.717) is 0 Å². The highest BCUT2D eigenvalue weighted by Gasteiger charge is 2.12. The normalized spacial score (nSPS) is 13.1. The van der Waals surface area contributed by atoms with Crippen LogP contribution in [0.1, 0.15) is 44.8 Å². The van der Waals surface area contributed by atoms with Crippen LogP contribution in [0.5, 0.6) is 0 Å². The molecule has 0 aliphatic rings. The monoisotopic (exact) mass is 192 g/mol. The van der Waals surface area contributed by atoms with E-state index in [2.05, 4.69) is 18.8 Å². The standard InChI is InChI=1S/C12H20N2/c1-3-10(4-2)9-11(13)12-7-5-6-8-14-12/h5-8,10-11H,3-4,9,13H2,1-2H3/t11-/m1/s1. The van der Waals surface area contributed by atoms with Gasteiger partial charge in [-0.15, -0.1) is 0 Å². The van der Waals surface area contributed by atoms with Gasteiger partial charge in [0.25, 0.3) is 0 Å². The van der Waals surface area contributed by atoms with Gasteiger partial charge in [0, 0.05) is 12.2 Å².